The van der Waals surface area contributed by atoms with Crippen LogP contribution in [0.5, 0.6) is 0 Å². The summed E-state index contributed by atoms with van der Waals surface area (Å²) in [6.45, 7) is 16.6. The number of rotatable bonds is 11. The van der Waals surface area contributed by atoms with E-state index in [4.69, 9.17) is 4.74 Å². The predicted molar refractivity (Wildman–Crippen MR) is 167 cm³/mol. The van der Waals surface area contributed by atoms with Crippen LogP contribution in [0.2, 0.25) is 0 Å². The molecule has 0 aliphatic carbocycles. The van der Waals surface area contributed by atoms with Gasteiger partial charge in [-0.3, -0.25) is 14.4 Å². The fourth-order valence-electron chi connectivity index (χ4n) is 7.69. The van der Waals surface area contributed by atoms with Crippen LogP contribution in [-0.4, -0.2) is 84.9 Å². The number of carbonyl (C=O) groups excluding carboxylic acids is 3. The number of hydrogen-bond acceptors (Lipinski definition) is 6. The van der Waals surface area contributed by atoms with Crippen molar-refractivity contribution in [3.05, 3.63) is 48.6 Å². The quantitative estimate of drug-likeness (QED) is 0.210. The molecule has 2 amide bonds. The minimum absolute atomic E-state index is 0.0432. The molecule has 0 radical (unpaired) electrons. The smallest absolute Gasteiger partial charge is 0.310 e. The number of halogens is 1. The Labute approximate surface area is 257 Å². The first-order chi connectivity index (χ1) is 19.2. The van der Waals surface area contributed by atoms with Gasteiger partial charge in [0.25, 0.3) is 0 Å². The molecular formula is C32H45BrN2O5S. The molecule has 9 heteroatoms. The van der Waals surface area contributed by atoms with Crippen molar-refractivity contribution >= 4 is 45.5 Å². The maximum absolute atomic E-state index is 15.0. The van der Waals surface area contributed by atoms with E-state index in [1.54, 1.807) is 29.7 Å². The zero-order valence-electron chi connectivity index (χ0n) is 25.1. The van der Waals surface area contributed by atoms with Crippen LogP contribution in [0.15, 0.2) is 43.0 Å². The molecule has 3 heterocycles. The highest BCUT2D eigenvalue weighted by atomic mass is 79.9. The van der Waals surface area contributed by atoms with Gasteiger partial charge >= 0.3 is 5.97 Å². The number of benzene rings is 1. The highest BCUT2D eigenvalue weighted by molar-refractivity contribution is 9.09. The topological polar surface area (TPSA) is 87.2 Å². The predicted octanol–water partition coefficient (Wildman–Crippen LogP) is 4.85. The molecule has 1 spiro atoms. The van der Waals surface area contributed by atoms with Gasteiger partial charge in [0.15, 0.2) is 0 Å². The molecule has 7 nitrogen and oxygen atoms in total. The molecule has 1 aromatic carbocycles. The Bertz CT molecular complexity index is 1150. The Morgan fingerprint density at radius 1 is 1.27 bits per heavy atom. The molecule has 1 aromatic rings. The Morgan fingerprint density at radius 3 is 2.49 bits per heavy atom. The van der Waals surface area contributed by atoms with Crippen LogP contribution < -0.4 is 0 Å². The first-order valence-corrected chi connectivity index (χ1v) is 16.4. The summed E-state index contributed by atoms with van der Waals surface area (Å²) in [5.41, 5.74) is 0.386. The molecule has 4 rings (SSSR count). The van der Waals surface area contributed by atoms with Crippen molar-refractivity contribution in [2.75, 3.05) is 19.8 Å². The second-order valence-electron chi connectivity index (χ2n) is 13.5. The number of likely N-dealkylation sites (tertiary alicyclic amines) is 1. The van der Waals surface area contributed by atoms with Crippen LogP contribution >= 0.6 is 27.7 Å². The van der Waals surface area contributed by atoms with Crippen molar-refractivity contribution in [1.82, 2.24) is 9.80 Å². The Morgan fingerprint density at radius 2 is 1.93 bits per heavy atom. The van der Waals surface area contributed by atoms with E-state index in [-0.39, 0.29) is 46.5 Å². The van der Waals surface area contributed by atoms with Crippen LogP contribution in [0.1, 0.15) is 59.9 Å². The van der Waals surface area contributed by atoms with E-state index in [0.29, 0.717) is 19.4 Å². The van der Waals surface area contributed by atoms with Gasteiger partial charge in [-0.2, -0.15) is 0 Å². The molecule has 0 saturated carbocycles. The first kappa shape index (κ1) is 32.1. The molecule has 3 aliphatic heterocycles. The normalized spacial score (nSPS) is 29.8. The third kappa shape index (κ3) is 5.87. The standard InChI is InChI=1S/C32H45BrN2O5S/c1-8-15-34(31(6,7)19-30(3,4)5)28(38)26-32-17-22(33)25(41-32)23(29(39)40-9-2)24(32)27(37)35(26)21(18-36)16-20-13-11-10-12-14-20/h8,10-14,21-26,36H,1,9,15-19H2,2-7H3/t21-,22?,23+,24+,25+,26?,32?/m1/s1. The fourth-order valence-corrected chi connectivity index (χ4v) is 11.3. The van der Waals surface area contributed by atoms with Gasteiger partial charge in [0.1, 0.15) is 6.04 Å². The minimum Gasteiger partial charge on any atom is -0.466 e. The number of aliphatic hydroxyl groups is 1. The highest BCUT2D eigenvalue weighted by Crippen LogP contribution is 2.68. The molecule has 41 heavy (non-hydrogen) atoms. The van der Waals surface area contributed by atoms with Crippen LogP contribution in [0.4, 0.5) is 0 Å². The average molecular weight is 650 g/mol. The first-order valence-electron chi connectivity index (χ1n) is 14.6. The number of hydrogen-bond donors (Lipinski definition) is 1. The second kappa shape index (κ2) is 12.0. The van der Waals surface area contributed by atoms with Crippen LogP contribution in [0.3, 0.4) is 0 Å². The fraction of sp³-hybridized carbons (Fsp3) is 0.656. The minimum atomic E-state index is -0.838. The van der Waals surface area contributed by atoms with Crippen molar-refractivity contribution in [3.63, 3.8) is 0 Å². The number of thioether (sulfide) groups is 1. The molecule has 3 fully saturated rings. The zero-order chi connectivity index (χ0) is 30.3. The second-order valence-corrected chi connectivity index (χ2v) is 16.2. The number of aliphatic hydroxyl groups excluding tert-OH is 1. The summed E-state index contributed by atoms with van der Waals surface area (Å²) < 4.78 is 4.67. The summed E-state index contributed by atoms with van der Waals surface area (Å²) in [6, 6.07) is 8.25. The van der Waals surface area contributed by atoms with E-state index >= 15 is 0 Å². The maximum Gasteiger partial charge on any atom is 0.310 e. The number of alkyl halides is 1. The lowest BCUT2D eigenvalue weighted by molar-refractivity contribution is -0.154. The van der Waals surface area contributed by atoms with Gasteiger partial charge in [0, 0.05) is 22.2 Å². The van der Waals surface area contributed by atoms with Crippen molar-refractivity contribution in [2.45, 2.75) is 93.3 Å². The van der Waals surface area contributed by atoms with Crippen molar-refractivity contribution < 1.29 is 24.2 Å². The largest absolute Gasteiger partial charge is 0.466 e. The van der Waals surface area contributed by atoms with E-state index in [0.717, 1.165) is 12.0 Å². The van der Waals surface area contributed by atoms with Crippen LogP contribution in [-0.2, 0) is 25.5 Å². The average Bonchev–Trinajstić information content (AvgIpc) is 3.48. The van der Waals surface area contributed by atoms with Crippen LogP contribution in [0.25, 0.3) is 0 Å². The summed E-state index contributed by atoms with van der Waals surface area (Å²) in [7, 11) is 0. The van der Waals surface area contributed by atoms with Gasteiger partial charge in [-0.15, -0.1) is 18.3 Å². The summed E-state index contributed by atoms with van der Waals surface area (Å²) >= 11 is 5.40. The summed E-state index contributed by atoms with van der Waals surface area (Å²) in [6.07, 6.45) is 3.46. The lowest BCUT2D eigenvalue weighted by Gasteiger charge is -2.46. The molecule has 7 atom stereocenters. The van der Waals surface area contributed by atoms with Gasteiger partial charge < -0.3 is 19.6 Å². The lowest BCUT2D eigenvalue weighted by atomic mass is 9.70. The molecule has 0 aromatic heterocycles. The molecule has 226 valence electrons. The van der Waals surface area contributed by atoms with Crippen LogP contribution in [0, 0.1) is 17.3 Å². The van der Waals surface area contributed by atoms with E-state index in [2.05, 4.69) is 57.1 Å². The SMILES string of the molecule is C=CCN(C(=O)C1N([C@@H](CO)Cc2ccccc2)C(=O)[C@@H]2[C@H](C(=O)OCC)[C@H]3SC12CC3Br)C(C)(C)CC(C)(C)C. The summed E-state index contributed by atoms with van der Waals surface area (Å²) in [5.74, 6) is -2.13. The maximum atomic E-state index is 15.0. The van der Waals surface area contributed by atoms with Gasteiger partial charge in [-0.05, 0) is 51.0 Å². The summed E-state index contributed by atoms with van der Waals surface area (Å²) in [4.78, 5) is 46.3. The van der Waals surface area contributed by atoms with Gasteiger partial charge in [0.05, 0.1) is 35.8 Å². The Balaban J connectivity index is 1.85. The zero-order valence-corrected chi connectivity index (χ0v) is 27.5. The molecular weight excluding hydrogens is 604 g/mol. The molecule has 3 saturated heterocycles. The van der Waals surface area contributed by atoms with E-state index in [1.165, 1.54) is 0 Å². The number of fused-ring (bicyclic) bond motifs is 1. The Hall–Kier alpha value is -1.84. The number of amides is 2. The van der Waals surface area contributed by atoms with E-state index in [9.17, 15) is 19.5 Å². The van der Waals surface area contributed by atoms with E-state index in [1.807, 2.05) is 35.2 Å². The number of nitrogens with zero attached hydrogens (tertiary/aromatic N) is 2. The Kier molecular flexibility index (Phi) is 9.42. The van der Waals surface area contributed by atoms with Crippen molar-refractivity contribution in [2.24, 2.45) is 17.3 Å². The van der Waals surface area contributed by atoms with Gasteiger partial charge in [-0.1, -0.05) is 73.1 Å². The highest BCUT2D eigenvalue weighted by Gasteiger charge is 2.77. The van der Waals surface area contributed by atoms with Gasteiger partial charge in [0.2, 0.25) is 11.8 Å². The number of ether oxygens (including phenoxy) is 1. The van der Waals surface area contributed by atoms with Crippen molar-refractivity contribution in [3.8, 4) is 0 Å². The molecule has 1 N–H and O–H groups in total. The lowest BCUT2D eigenvalue weighted by Crippen LogP contribution is -2.62. The van der Waals surface area contributed by atoms with Crippen molar-refractivity contribution in [1.29, 1.82) is 0 Å². The molecule has 2 bridgehead atoms. The molecule has 3 unspecified atom stereocenters. The number of esters is 1. The third-order valence-electron chi connectivity index (χ3n) is 8.71. The molecule has 3 aliphatic rings. The summed E-state index contributed by atoms with van der Waals surface area (Å²) in [5, 5.41) is 10.5. The third-order valence-corrected chi connectivity index (χ3v) is 11.9. The van der Waals surface area contributed by atoms with E-state index < -0.39 is 34.2 Å². The van der Waals surface area contributed by atoms with Gasteiger partial charge in [-0.25, -0.2) is 0 Å². The number of carbonyl (C=O) groups is 3. The monoisotopic (exact) mass is 648 g/mol.